The van der Waals surface area contributed by atoms with E-state index in [2.05, 4.69) is 181 Å². The zero-order valence-electron chi connectivity index (χ0n) is 28.9. The minimum Gasteiger partial charge on any atom is -0.497 e. The molecule has 0 fully saturated rings. The van der Waals surface area contributed by atoms with Gasteiger partial charge in [-0.05, 0) is 132 Å². The minimum absolute atomic E-state index is 0.841. The van der Waals surface area contributed by atoms with Crippen LogP contribution in [0.25, 0.3) is 22.3 Å². The lowest BCUT2D eigenvalue weighted by atomic mass is 9.99. The fraction of sp³-hybridized carbons (Fsp3) is 0.0870. The topological polar surface area (TPSA) is 24.9 Å². The largest absolute Gasteiger partial charge is 0.497 e. The summed E-state index contributed by atoms with van der Waals surface area (Å²) < 4.78 is 11.0. The first-order valence-corrected chi connectivity index (χ1v) is 16.8. The van der Waals surface area contributed by atoms with E-state index in [-0.39, 0.29) is 0 Å². The van der Waals surface area contributed by atoms with Crippen LogP contribution in [0.15, 0.2) is 170 Å². The van der Waals surface area contributed by atoms with E-state index in [1.807, 2.05) is 12.1 Å². The van der Waals surface area contributed by atoms with Crippen LogP contribution in [0, 0.1) is 13.8 Å². The van der Waals surface area contributed by atoms with E-state index < -0.39 is 0 Å². The van der Waals surface area contributed by atoms with Gasteiger partial charge in [-0.1, -0.05) is 84.9 Å². The van der Waals surface area contributed by atoms with Gasteiger partial charge in [-0.2, -0.15) is 0 Å². The van der Waals surface area contributed by atoms with Crippen LogP contribution in [-0.2, 0) is 0 Å². The molecule has 0 aliphatic rings. The minimum atomic E-state index is 0.841. The number of benzene rings is 7. The van der Waals surface area contributed by atoms with Crippen molar-refractivity contribution in [1.82, 2.24) is 0 Å². The fourth-order valence-electron chi connectivity index (χ4n) is 6.48. The van der Waals surface area contributed by atoms with Crippen molar-refractivity contribution in [2.45, 2.75) is 13.8 Å². The third kappa shape index (κ3) is 6.69. The van der Waals surface area contributed by atoms with Crippen molar-refractivity contribution >= 4 is 34.1 Å². The molecule has 0 atom stereocenters. The average Bonchev–Trinajstić information content (AvgIpc) is 3.17. The van der Waals surface area contributed by atoms with E-state index >= 15 is 0 Å². The van der Waals surface area contributed by atoms with Gasteiger partial charge in [0.1, 0.15) is 11.5 Å². The number of aryl methyl sites for hydroxylation is 2. The molecule has 50 heavy (non-hydrogen) atoms. The molecular formula is C46H40N2O2. The summed E-state index contributed by atoms with van der Waals surface area (Å²) in [6, 6.07) is 59.8. The van der Waals surface area contributed by atoms with Crippen LogP contribution in [0.2, 0.25) is 0 Å². The van der Waals surface area contributed by atoms with Crippen molar-refractivity contribution < 1.29 is 9.47 Å². The number of methoxy groups -OCH3 is 2. The number of hydrogen-bond acceptors (Lipinski definition) is 4. The standard InChI is InChI=1S/C46H40N2O2/c1-33-31-43(49-3)27-29-45(33)48(46-30-28-44(50-4)32-34(46)2)42-25-21-38(22-26-42)36-17-15-35(16-18-36)37-19-23-41(24-20-37)47(39-11-7-5-8-12-39)40-13-9-6-10-14-40/h5-32H,1-4H3. The van der Waals surface area contributed by atoms with Crippen molar-refractivity contribution in [2.24, 2.45) is 0 Å². The summed E-state index contributed by atoms with van der Waals surface area (Å²) in [5.41, 5.74) is 13.6. The van der Waals surface area contributed by atoms with Crippen LogP contribution < -0.4 is 19.3 Å². The molecule has 0 bridgehead atoms. The Labute approximate surface area is 295 Å². The van der Waals surface area contributed by atoms with Gasteiger partial charge in [-0.3, -0.25) is 0 Å². The van der Waals surface area contributed by atoms with Crippen LogP contribution >= 0.6 is 0 Å². The van der Waals surface area contributed by atoms with Gasteiger partial charge in [-0.25, -0.2) is 0 Å². The maximum absolute atomic E-state index is 5.51. The molecule has 4 heteroatoms. The van der Waals surface area contributed by atoms with E-state index in [0.29, 0.717) is 0 Å². The Kier molecular flexibility index (Phi) is 9.35. The van der Waals surface area contributed by atoms with Crippen LogP contribution in [0.4, 0.5) is 34.1 Å². The van der Waals surface area contributed by atoms with Gasteiger partial charge in [0.05, 0.1) is 14.2 Å². The van der Waals surface area contributed by atoms with Gasteiger partial charge in [0.25, 0.3) is 0 Å². The Morgan fingerprint density at radius 2 is 0.660 bits per heavy atom. The highest BCUT2D eigenvalue weighted by Gasteiger charge is 2.18. The van der Waals surface area contributed by atoms with Crippen molar-refractivity contribution in [2.75, 3.05) is 24.0 Å². The zero-order valence-corrected chi connectivity index (χ0v) is 28.9. The lowest BCUT2D eigenvalue weighted by molar-refractivity contribution is 0.414. The van der Waals surface area contributed by atoms with Crippen LogP contribution in [0.3, 0.4) is 0 Å². The predicted molar refractivity (Wildman–Crippen MR) is 209 cm³/mol. The number of hydrogen-bond donors (Lipinski definition) is 0. The van der Waals surface area contributed by atoms with E-state index in [0.717, 1.165) is 62.3 Å². The van der Waals surface area contributed by atoms with Gasteiger partial charge in [0.2, 0.25) is 0 Å². The molecule has 0 saturated heterocycles. The summed E-state index contributed by atoms with van der Waals surface area (Å²) in [6.07, 6.45) is 0. The summed E-state index contributed by atoms with van der Waals surface area (Å²) in [7, 11) is 3.40. The monoisotopic (exact) mass is 652 g/mol. The number of nitrogens with zero attached hydrogens (tertiary/aromatic N) is 2. The third-order valence-electron chi connectivity index (χ3n) is 9.12. The number of ether oxygens (including phenoxy) is 2. The molecule has 0 aromatic heterocycles. The van der Waals surface area contributed by atoms with E-state index in [4.69, 9.17) is 9.47 Å². The van der Waals surface area contributed by atoms with Crippen molar-refractivity contribution in [3.63, 3.8) is 0 Å². The second-order valence-corrected chi connectivity index (χ2v) is 12.3. The van der Waals surface area contributed by atoms with E-state index in [9.17, 15) is 0 Å². The smallest absolute Gasteiger partial charge is 0.119 e. The van der Waals surface area contributed by atoms with Gasteiger partial charge in [-0.15, -0.1) is 0 Å². The molecule has 0 amide bonds. The lowest BCUT2D eigenvalue weighted by Gasteiger charge is -2.29. The van der Waals surface area contributed by atoms with Crippen molar-refractivity contribution in [1.29, 1.82) is 0 Å². The third-order valence-corrected chi connectivity index (χ3v) is 9.12. The summed E-state index contributed by atoms with van der Waals surface area (Å²) in [6.45, 7) is 4.24. The quantitative estimate of drug-likeness (QED) is 0.147. The first-order chi connectivity index (χ1) is 24.5. The first-order valence-electron chi connectivity index (χ1n) is 16.8. The van der Waals surface area contributed by atoms with Crippen molar-refractivity contribution in [3.05, 3.63) is 181 Å². The molecule has 7 aromatic rings. The van der Waals surface area contributed by atoms with Gasteiger partial charge in [0.15, 0.2) is 0 Å². The lowest BCUT2D eigenvalue weighted by Crippen LogP contribution is -2.12. The maximum atomic E-state index is 5.51. The van der Waals surface area contributed by atoms with Crippen LogP contribution in [-0.4, -0.2) is 14.2 Å². The molecule has 0 heterocycles. The molecule has 0 unspecified atom stereocenters. The number of rotatable bonds is 10. The second kappa shape index (κ2) is 14.5. The molecular weight excluding hydrogens is 613 g/mol. The summed E-state index contributed by atoms with van der Waals surface area (Å²) in [5.74, 6) is 1.68. The Balaban J connectivity index is 1.15. The predicted octanol–water partition coefficient (Wildman–Crippen LogP) is 12.6. The highest BCUT2D eigenvalue weighted by Crippen LogP contribution is 2.41. The van der Waals surface area contributed by atoms with Crippen LogP contribution in [0.1, 0.15) is 11.1 Å². The Bertz CT molecular complexity index is 2090. The maximum Gasteiger partial charge on any atom is 0.119 e. The summed E-state index contributed by atoms with van der Waals surface area (Å²) >= 11 is 0. The molecule has 4 nitrogen and oxygen atoms in total. The highest BCUT2D eigenvalue weighted by atomic mass is 16.5. The van der Waals surface area contributed by atoms with E-state index in [1.54, 1.807) is 14.2 Å². The summed E-state index contributed by atoms with van der Waals surface area (Å²) in [5, 5.41) is 0. The van der Waals surface area contributed by atoms with E-state index in [1.165, 1.54) is 16.7 Å². The SMILES string of the molecule is COc1ccc(N(c2ccc(-c3ccc(-c4ccc(N(c5ccccc5)c5ccccc5)cc4)cc3)cc2)c2ccc(OC)cc2C)c(C)c1. The zero-order chi connectivity index (χ0) is 34.5. The van der Waals surface area contributed by atoms with Gasteiger partial charge >= 0.3 is 0 Å². The Hall–Kier alpha value is -6.26. The number of para-hydroxylation sites is 2. The van der Waals surface area contributed by atoms with Gasteiger partial charge in [0, 0.05) is 34.1 Å². The molecule has 7 aromatic carbocycles. The Morgan fingerprint density at radius 3 is 1.00 bits per heavy atom. The normalized spacial score (nSPS) is 10.8. The first kappa shape index (κ1) is 32.3. The van der Waals surface area contributed by atoms with Crippen LogP contribution in [0.5, 0.6) is 11.5 Å². The van der Waals surface area contributed by atoms with Gasteiger partial charge < -0.3 is 19.3 Å². The molecule has 0 spiro atoms. The average molecular weight is 653 g/mol. The molecule has 0 aliphatic heterocycles. The molecule has 0 aliphatic carbocycles. The van der Waals surface area contributed by atoms with Crippen molar-refractivity contribution in [3.8, 4) is 33.8 Å². The molecule has 0 saturated carbocycles. The molecule has 0 N–H and O–H groups in total. The highest BCUT2D eigenvalue weighted by molar-refractivity contribution is 5.83. The fourth-order valence-corrected chi connectivity index (χ4v) is 6.48. The number of anilines is 6. The molecule has 0 radical (unpaired) electrons. The Morgan fingerprint density at radius 1 is 0.340 bits per heavy atom. The molecule has 246 valence electrons. The summed E-state index contributed by atoms with van der Waals surface area (Å²) in [4.78, 5) is 4.58. The second-order valence-electron chi connectivity index (χ2n) is 12.3. The molecule has 7 rings (SSSR count).